The van der Waals surface area contributed by atoms with Gasteiger partial charge < -0.3 is 10.2 Å². The Kier molecular flexibility index (Phi) is 11.7. The summed E-state index contributed by atoms with van der Waals surface area (Å²) in [5, 5.41) is 3.32. The highest BCUT2D eigenvalue weighted by atomic mass is 35.5. The molecule has 0 aliphatic carbocycles. The van der Waals surface area contributed by atoms with Gasteiger partial charge in [0.2, 0.25) is 11.8 Å². The Morgan fingerprint density at radius 1 is 0.851 bits per heavy atom. The second kappa shape index (κ2) is 15.5. The van der Waals surface area contributed by atoms with Crippen molar-refractivity contribution in [2.45, 2.75) is 56.4 Å². The van der Waals surface area contributed by atoms with E-state index in [1.165, 1.54) is 35.2 Å². The van der Waals surface area contributed by atoms with E-state index in [9.17, 15) is 31.2 Å². The van der Waals surface area contributed by atoms with E-state index in [4.69, 9.17) is 11.6 Å². The molecule has 12 heteroatoms. The SMILES string of the molecule is CC[C@@H](C)NC(=O)[C@H](Cc1ccccc1)N(Cc1cccc(Cl)c1)C(=O)CN(c1cccc(C(F)(F)F)c1)S(=O)(=O)c1ccccc1. The van der Waals surface area contributed by atoms with Crippen LogP contribution in [0.5, 0.6) is 0 Å². The molecule has 2 atom stereocenters. The molecule has 0 aromatic heterocycles. The van der Waals surface area contributed by atoms with Gasteiger partial charge >= 0.3 is 6.18 Å². The van der Waals surface area contributed by atoms with Crippen LogP contribution in [0.25, 0.3) is 0 Å². The minimum absolute atomic E-state index is 0.0877. The van der Waals surface area contributed by atoms with Crippen molar-refractivity contribution in [3.05, 3.63) is 131 Å². The summed E-state index contributed by atoms with van der Waals surface area (Å²) in [6.07, 6.45) is -4.06. The normalized spacial score (nSPS) is 13.0. The van der Waals surface area contributed by atoms with E-state index in [2.05, 4.69) is 5.32 Å². The van der Waals surface area contributed by atoms with E-state index >= 15 is 0 Å². The second-order valence-electron chi connectivity index (χ2n) is 11.0. The van der Waals surface area contributed by atoms with Crippen molar-refractivity contribution in [3.63, 3.8) is 0 Å². The zero-order valence-electron chi connectivity index (χ0n) is 25.8. The molecule has 0 spiro atoms. The number of hydrogen-bond acceptors (Lipinski definition) is 4. The average molecular weight is 686 g/mol. The zero-order chi connectivity index (χ0) is 34.2. The first-order chi connectivity index (χ1) is 22.3. The molecule has 0 unspecified atom stereocenters. The summed E-state index contributed by atoms with van der Waals surface area (Å²) < 4.78 is 69.9. The molecule has 0 radical (unpaired) electrons. The van der Waals surface area contributed by atoms with Gasteiger partial charge in [0.05, 0.1) is 16.1 Å². The lowest BCUT2D eigenvalue weighted by atomic mass is 10.0. The van der Waals surface area contributed by atoms with Gasteiger partial charge in [-0.1, -0.05) is 85.3 Å². The quantitative estimate of drug-likeness (QED) is 0.163. The van der Waals surface area contributed by atoms with Crippen LogP contribution >= 0.6 is 11.6 Å². The van der Waals surface area contributed by atoms with E-state index in [-0.39, 0.29) is 29.6 Å². The van der Waals surface area contributed by atoms with Gasteiger partial charge in [-0.25, -0.2) is 8.42 Å². The van der Waals surface area contributed by atoms with Crippen molar-refractivity contribution < 1.29 is 31.2 Å². The van der Waals surface area contributed by atoms with E-state index in [0.29, 0.717) is 27.4 Å². The monoisotopic (exact) mass is 685 g/mol. The summed E-state index contributed by atoms with van der Waals surface area (Å²) in [5.41, 5.74) is -0.131. The highest BCUT2D eigenvalue weighted by Crippen LogP contribution is 2.33. The second-order valence-corrected chi connectivity index (χ2v) is 13.3. The fourth-order valence-corrected chi connectivity index (χ4v) is 6.55. The van der Waals surface area contributed by atoms with Crippen molar-refractivity contribution in [1.82, 2.24) is 10.2 Å². The minimum atomic E-state index is -4.77. The summed E-state index contributed by atoms with van der Waals surface area (Å²) in [6.45, 7) is 2.70. The van der Waals surface area contributed by atoms with E-state index in [1.54, 1.807) is 54.6 Å². The van der Waals surface area contributed by atoms with Crippen LogP contribution in [0.4, 0.5) is 18.9 Å². The third-order valence-corrected chi connectivity index (χ3v) is 9.61. The smallest absolute Gasteiger partial charge is 0.352 e. The lowest BCUT2D eigenvalue weighted by molar-refractivity contribution is -0.140. The molecule has 0 saturated carbocycles. The molecule has 0 saturated heterocycles. The first kappa shape index (κ1) is 35.5. The fourth-order valence-electron chi connectivity index (χ4n) is 4.91. The van der Waals surface area contributed by atoms with Gasteiger partial charge in [0.15, 0.2) is 0 Å². The third-order valence-electron chi connectivity index (χ3n) is 7.59. The van der Waals surface area contributed by atoms with Gasteiger partial charge in [-0.2, -0.15) is 13.2 Å². The number of nitrogens with one attached hydrogen (secondary N) is 1. The summed E-state index contributed by atoms with van der Waals surface area (Å²) in [7, 11) is -4.56. The van der Waals surface area contributed by atoms with Crippen molar-refractivity contribution in [3.8, 4) is 0 Å². The van der Waals surface area contributed by atoms with Crippen molar-refractivity contribution in [2.75, 3.05) is 10.8 Å². The molecule has 248 valence electrons. The van der Waals surface area contributed by atoms with E-state index < -0.39 is 46.2 Å². The van der Waals surface area contributed by atoms with Crippen LogP contribution in [0, 0.1) is 0 Å². The number of benzene rings is 4. The van der Waals surface area contributed by atoms with Crippen LogP contribution in [-0.4, -0.2) is 43.8 Å². The summed E-state index contributed by atoms with van der Waals surface area (Å²) in [5.74, 6) is -1.27. The van der Waals surface area contributed by atoms with Gasteiger partial charge in [0.1, 0.15) is 12.6 Å². The maximum Gasteiger partial charge on any atom is 0.416 e. The summed E-state index contributed by atoms with van der Waals surface area (Å²) in [6, 6.07) is 25.2. The lowest BCUT2D eigenvalue weighted by Gasteiger charge is -2.34. The van der Waals surface area contributed by atoms with Gasteiger partial charge in [0, 0.05) is 24.0 Å². The molecule has 0 aliphatic heterocycles. The van der Waals surface area contributed by atoms with Crippen molar-refractivity contribution in [1.29, 1.82) is 0 Å². The number of sulfonamides is 1. The third kappa shape index (κ3) is 9.36. The molecule has 4 rings (SSSR count). The molecule has 0 heterocycles. The predicted octanol–water partition coefficient (Wildman–Crippen LogP) is 7.11. The molecular formula is C35H35ClF3N3O4S. The predicted molar refractivity (Wildman–Crippen MR) is 176 cm³/mol. The van der Waals surface area contributed by atoms with Gasteiger partial charge in [-0.05, 0) is 66.9 Å². The lowest BCUT2D eigenvalue weighted by Crippen LogP contribution is -2.54. The number of hydrogen-bond donors (Lipinski definition) is 1. The molecule has 7 nitrogen and oxygen atoms in total. The van der Waals surface area contributed by atoms with Crippen LogP contribution in [0.2, 0.25) is 5.02 Å². The van der Waals surface area contributed by atoms with Crippen LogP contribution < -0.4 is 9.62 Å². The molecule has 0 fully saturated rings. The van der Waals surface area contributed by atoms with Crippen LogP contribution in [0.3, 0.4) is 0 Å². The summed E-state index contributed by atoms with van der Waals surface area (Å²) >= 11 is 6.25. The van der Waals surface area contributed by atoms with Crippen LogP contribution in [0.15, 0.2) is 114 Å². The molecule has 0 aliphatic rings. The maximum atomic E-state index is 14.5. The average Bonchev–Trinajstić information content (AvgIpc) is 3.05. The Balaban J connectivity index is 1.84. The van der Waals surface area contributed by atoms with Crippen LogP contribution in [-0.2, 0) is 38.8 Å². The minimum Gasteiger partial charge on any atom is -0.352 e. The number of carbonyl (C=O) groups excluding carboxylic acids is 2. The topological polar surface area (TPSA) is 86.8 Å². The summed E-state index contributed by atoms with van der Waals surface area (Å²) in [4.78, 5) is 29.4. The standard InChI is InChI=1S/C35H35ClF3N3O4S/c1-3-25(2)40-34(44)32(21-26-12-6-4-7-13-26)41(23-27-14-10-16-29(36)20-27)33(43)24-42(47(45,46)31-18-8-5-9-19-31)30-17-11-15-28(22-30)35(37,38)39/h4-20,22,25,32H,3,21,23-24H2,1-2H3,(H,40,44)/t25-,32+/m1/s1. The first-order valence-electron chi connectivity index (χ1n) is 14.9. The number of halogens is 4. The fraction of sp³-hybridized carbons (Fsp3) is 0.257. The maximum absolute atomic E-state index is 14.5. The highest BCUT2D eigenvalue weighted by Gasteiger charge is 2.36. The Hall–Kier alpha value is -4.35. The van der Waals surface area contributed by atoms with Crippen LogP contribution in [0.1, 0.15) is 37.0 Å². The molecule has 4 aromatic rings. The molecule has 2 amide bonds. The number of carbonyl (C=O) groups is 2. The van der Waals surface area contributed by atoms with Gasteiger partial charge in [0.25, 0.3) is 10.0 Å². The molecular weight excluding hydrogens is 651 g/mol. The zero-order valence-corrected chi connectivity index (χ0v) is 27.4. The Labute approximate surface area is 278 Å². The van der Waals surface area contributed by atoms with E-state index in [0.717, 1.165) is 17.7 Å². The largest absolute Gasteiger partial charge is 0.416 e. The first-order valence-corrected chi connectivity index (χ1v) is 16.7. The number of rotatable bonds is 13. The number of nitrogens with zero attached hydrogens (tertiary/aromatic N) is 2. The van der Waals surface area contributed by atoms with Gasteiger partial charge in [-0.15, -0.1) is 0 Å². The van der Waals surface area contributed by atoms with Crippen molar-refractivity contribution >= 4 is 39.1 Å². The van der Waals surface area contributed by atoms with Gasteiger partial charge in [-0.3, -0.25) is 13.9 Å². The highest BCUT2D eigenvalue weighted by molar-refractivity contribution is 7.92. The van der Waals surface area contributed by atoms with Crippen molar-refractivity contribution in [2.24, 2.45) is 0 Å². The Morgan fingerprint density at radius 2 is 1.47 bits per heavy atom. The number of anilines is 1. The van der Waals surface area contributed by atoms with E-state index in [1.807, 2.05) is 19.9 Å². The molecule has 1 N–H and O–H groups in total. The molecule has 0 bridgehead atoms. The number of alkyl halides is 3. The Bertz CT molecular complexity index is 1770. The number of amides is 2. The molecule has 4 aromatic carbocycles. The Morgan fingerprint density at radius 3 is 2.09 bits per heavy atom. The molecule has 47 heavy (non-hydrogen) atoms.